The first-order chi connectivity index (χ1) is 9.67. The second kappa shape index (κ2) is 6.72. The highest BCUT2D eigenvalue weighted by Gasteiger charge is 2.19. The number of methoxy groups -OCH3 is 2. The highest BCUT2D eigenvalue weighted by molar-refractivity contribution is 9.10. The Kier molecular flexibility index (Phi) is 4.98. The van der Waals surface area contributed by atoms with Crippen molar-refractivity contribution in [1.82, 2.24) is 4.98 Å². The summed E-state index contributed by atoms with van der Waals surface area (Å²) in [6.45, 7) is 0. The minimum absolute atomic E-state index is 0.475. The van der Waals surface area contributed by atoms with Crippen LogP contribution in [0, 0.1) is 0 Å². The van der Waals surface area contributed by atoms with E-state index >= 15 is 0 Å². The highest BCUT2D eigenvalue weighted by atomic mass is 79.9. The average molecular weight is 338 g/mol. The second-order valence-corrected chi connectivity index (χ2v) is 5.08. The molecule has 1 aromatic heterocycles. The fourth-order valence-electron chi connectivity index (χ4n) is 2.03. The number of benzene rings is 1. The normalized spacial score (nSPS) is 12.0. The first kappa shape index (κ1) is 14.8. The van der Waals surface area contributed by atoms with Crippen molar-refractivity contribution in [3.63, 3.8) is 0 Å². The van der Waals surface area contributed by atoms with Gasteiger partial charge in [-0.3, -0.25) is 4.98 Å². The van der Waals surface area contributed by atoms with Crippen molar-refractivity contribution in [2.45, 2.75) is 12.5 Å². The molecule has 5 heteroatoms. The van der Waals surface area contributed by atoms with Crippen molar-refractivity contribution in [2.24, 2.45) is 0 Å². The molecule has 0 bridgehead atoms. The third kappa shape index (κ3) is 3.11. The zero-order valence-corrected chi connectivity index (χ0v) is 12.9. The van der Waals surface area contributed by atoms with Gasteiger partial charge >= 0.3 is 0 Å². The molecule has 2 rings (SSSR count). The van der Waals surface area contributed by atoms with Crippen LogP contribution in [-0.4, -0.2) is 24.3 Å². The number of aliphatic hydroxyl groups excluding tert-OH is 1. The van der Waals surface area contributed by atoms with Crippen molar-refractivity contribution in [2.75, 3.05) is 14.2 Å². The molecular weight excluding hydrogens is 322 g/mol. The number of rotatable bonds is 5. The number of aliphatic hydroxyl groups is 1. The Bertz CT molecular complexity index is 575. The first-order valence-corrected chi connectivity index (χ1v) is 6.94. The number of ether oxygens (including phenoxy) is 2. The van der Waals surface area contributed by atoms with Crippen LogP contribution < -0.4 is 9.47 Å². The fourth-order valence-corrected chi connectivity index (χ4v) is 2.72. The van der Waals surface area contributed by atoms with Crippen LogP contribution in [0.3, 0.4) is 0 Å². The van der Waals surface area contributed by atoms with Crippen LogP contribution in [0.25, 0.3) is 0 Å². The molecule has 0 aliphatic heterocycles. The lowest BCUT2D eigenvalue weighted by atomic mass is 10.0. The van der Waals surface area contributed by atoms with Gasteiger partial charge in [0.25, 0.3) is 0 Å². The molecule has 0 saturated carbocycles. The Labute approximate surface area is 126 Å². The summed E-state index contributed by atoms with van der Waals surface area (Å²) in [5.74, 6) is 1.25. The topological polar surface area (TPSA) is 51.6 Å². The van der Waals surface area contributed by atoms with Gasteiger partial charge in [-0.2, -0.15) is 0 Å². The molecule has 1 unspecified atom stereocenters. The van der Waals surface area contributed by atoms with E-state index in [1.54, 1.807) is 32.7 Å². The number of aromatic nitrogens is 1. The predicted octanol–water partition coefficient (Wildman–Crippen LogP) is 3.14. The molecule has 1 heterocycles. The van der Waals surface area contributed by atoms with E-state index in [9.17, 15) is 5.11 Å². The van der Waals surface area contributed by atoms with Gasteiger partial charge in [-0.1, -0.05) is 6.07 Å². The maximum atomic E-state index is 10.4. The van der Waals surface area contributed by atoms with E-state index in [2.05, 4.69) is 20.9 Å². The molecule has 2 aromatic rings. The summed E-state index contributed by atoms with van der Waals surface area (Å²) in [6, 6.07) is 7.39. The lowest BCUT2D eigenvalue weighted by Crippen LogP contribution is -2.05. The van der Waals surface area contributed by atoms with E-state index in [-0.39, 0.29) is 0 Å². The maximum absolute atomic E-state index is 10.4. The SMILES string of the molecule is COc1ccc(C(O)Cc2cccnc2)c(OC)c1Br. The van der Waals surface area contributed by atoms with Crippen LogP contribution in [0.15, 0.2) is 41.1 Å². The first-order valence-electron chi connectivity index (χ1n) is 6.14. The average Bonchev–Trinajstić information content (AvgIpc) is 2.47. The van der Waals surface area contributed by atoms with Crippen LogP contribution in [0.2, 0.25) is 0 Å². The summed E-state index contributed by atoms with van der Waals surface area (Å²) < 4.78 is 11.3. The number of nitrogens with zero attached hydrogens (tertiary/aromatic N) is 1. The summed E-state index contributed by atoms with van der Waals surface area (Å²) in [5, 5.41) is 10.4. The molecule has 0 aliphatic rings. The van der Waals surface area contributed by atoms with Crippen molar-refractivity contribution in [3.05, 3.63) is 52.3 Å². The van der Waals surface area contributed by atoms with E-state index in [0.29, 0.717) is 28.0 Å². The molecule has 0 spiro atoms. The Hall–Kier alpha value is -1.59. The standard InChI is InChI=1S/C15H16BrNO3/c1-19-13-6-5-11(15(20-2)14(13)16)12(18)8-10-4-3-7-17-9-10/h3-7,9,12,18H,8H2,1-2H3. The van der Waals surface area contributed by atoms with Gasteiger partial charge in [0.2, 0.25) is 0 Å². The van der Waals surface area contributed by atoms with E-state index < -0.39 is 6.10 Å². The van der Waals surface area contributed by atoms with Gasteiger partial charge in [0, 0.05) is 24.4 Å². The van der Waals surface area contributed by atoms with Gasteiger partial charge < -0.3 is 14.6 Å². The summed E-state index contributed by atoms with van der Waals surface area (Å²) >= 11 is 3.43. The molecule has 0 radical (unpaired) electrons. The molecule has 0 saturated heterocycles. The molecule has 1 atom stereocenters. The zero-order chi connectivity index (χ0) is 14.5. The minimum atomic E-state index is -0.670. The molecule has 106 valence electrons. The molecule has 4 nitrogen and oxygen atoms in total. The second-order valence-electron chi connectivity index (χ2n) is 4.29. The monoisotopic (exact) mass is 337 g/mol. The van der Waals surface area contributed by atoms with E-state index in [1.165, 1.54) is 0 Å². The fraction of sp³-hybridized carbons (Fsp3) is 0.267. The molecule has 0 aliphatic carbocycles. The molecule has 1 N–H and O–H groups in total. The maximum Gasteiger partial charge on any atom is 0.142 e. The van der Waals surface area contributed by atoms with Crippen LogP contribution in [0.5, 0.6) is 11.5 Å². The van der Waals surface area contributed by atoms with Crippen molar-refractivity contribution >= 4 is 15.9 Å². The highest BCUT2D eigenvalue weighted by Crippen LogP contribution is 2.40. The Morgan fingerprint density at radius 1 is 1.25 bits per heavy atom. The molecule has 0 amide bonds. The van der Waals surface area contributed by atoms with Gasteiger partial charge in [-0.05, 0) is 39.7 Å². The van der Waals surface area contributed by atoms with Gasteiger partial charge in [-0.15, -0.1) is 0 Å². The quantitative estimate of drug-likeness (QED) is 0.910. The number of pyridine rings is 1. The number of hydrogen-bond donors (Lipinski definition) is 1. The van der Waals surface area contributed by atoms with Crippen LogP contribution in [0.4, 0.5) is 0 Å². The van der Waals surface area contributed by atoms with Crippen LogP contribution >= 0.6 is 15.9 Å². The summed E-state index contributed by atoms with van der Waals surface area (Å²) in [5.41, 5.74) is 1.68. The van der Waals surface area contributed by atoms with Gasteiger partial charge in [0.05, 0.1) is 20.3 Å². The van der Waals surface area contributed by atoms with Crippen LogP contribution in [-0.2, 0) is 6.42 Å². The minimum Gasteiger partial charge on any atom is -0.495 e. The summed E-state index contributed by atoms with van der Waals surface area (Å²) in [6.07, 6.45) is 3.26. The van der Waals surface area contributed by atoms with E-state index in [4.69, 9.17) is 9.47 Å². The Balaban J connectivity index is 2.30. The van der Waals surface area contributed by atoms with Crippen molar-refractivity contribution in [1.29, 1.82) is 0 Å². The van der Waals surface area contributed by atoms with Gasteiger partial charge in [-0.25, -0.2) is 0 Å². The third-order valence-electron chi connectivity index (χ3n) is 3.03. The molecule has 20 heavy (non-hydrogen) atoms. The largest absolute Gasteiger partial charge is 0.495 e. The predicted molar refractivity (Wildman–Crippen MR) is 80.1 cm³/mol. The van der Waals surface area contributed by atoms with E-state index in [1.807, 2.05) is 18.2 Å². The smallest absolute Gasteiger partial charge is 0.142 e. The van der Waals surface area contributed by atoms with E-state index in [0.717, 1.165) is 5.56 Å². The lowest BCUT2D eigenvalue weighted by molar-refractivity contribution is 0.173. The Morgan fingerprint density at radius 2 is 2.05 bits per heavy atom. The molecular formula is C15H16BrNO3. The van der Waals surface area contributed by atoms with Crippen molar-refractivity contribution < 1.29 is 14.6 Å². The molecule has 0 fully saturated rings. The van der Waals surface area contributed by atoms with Crippen molar-refractivity contribution in [3.8, 4) is 11.5 Å². The Morgan fingerprint density at radius 3 is 2.65 bits per heavy atom. The van der Waals surface area contributed by atoms with Crippen LogP contribution in [0.1, 0.15) is 17.2 Å². The number of hydrogen-bond acceptors (Lipinski definition) is 4. The summed E-state index contributed by atoms with van der Waals surface area (Å²) in [7, 11) is 3.16. The summed E-state index contributed by atoms with van der Waals surface area (Å²) in [4.78, 5) is 4.05. The third-order valence-corrected chi connectivity index (χ3v) is 3.78. The number of halogens is 1. The molecule has 1 aromatic carbocycles. The van der Waals surface area contributed by atoms with Gasteiger partial charge in [0.15, 0.2) is 0 Å². The lowest BCUT2D eigenvalue weighted by Gasteiger charge is -2.17. The zero-order valence-electron chi connectivity index (χ0n) is 11.3. The van der Waals surface area contributed by atoms with Gasteiger partial charge in [0.1, 0.15) is 16.0 Å².